The third kappa shape index (κ3) is 51.9. The fourth-order valence-electron chi connectivity index (χ4n) is 28.5. The van der Waals surface area contributed by atoms with Gasteiger partial charge in [-0.1, -0.05) is 499 Å². The number of carbonyl (C=O) groups is 9. The van der Waals surface area contributed by atoms with Crippen molar-refractivity contribution in [2.24, 2.45) is 71.0 Å². The maximum Gasteiger partial charge on any atom is 0.253 e. The second kappa shape index (κ2) is 83.8. The maximum atomic E-state index is 14.0. The Balaban J connectivity index is 0.000000486. The third-order valence-corrected chi connectivity index (χ3v) is 37.5. The molecule has 15 nitrogen and oxygen atoms in total. The number of nitrogens with zero attached hydrogens (tertiary/aromatic N) is 6. The molecule has 5 fully saturated rings. The van der Waals surface area contributed by atoms with Crippen LogP contribution in [0.2, 0.25) is 0 Å². The minimum Gasteiger partial charge on any atom is -0.326 e. The molecule has 0 aromatic heterocycles. The van der Waals surface area contributed by atoms with Gasteiger partial charge in [0.15, 0.2) is 0 Å². The Labute approximate surface area is 924 Å². The molecule has 862 valence electrons. The van der Waals surface area contributed by atoms with E-state index in [1.807, 2.05) is 11.0 Å². The molecule has 150 heavy (non-hydrogen) atoms. The van der Waals surface area contributed by atoms with Crippen LogP contribution in [0.3, 0.4) is 0 Å². The second-order valence-electron chi connectivity index (χ2n) is 49.5. The summed E-state index contributed by atoms with van der Waals surface area (Å²) in [5.74, 6) is 9.49. The van der Waals surface area contributed by atoms with Crippen molar-refractivity contribution in [2.45, 2.75) is 634 Å². The summed E-state index contributed by atoms with van der Waals surface area (Å²) >= 11 is 0. The van der Waals surface area contributed by atoms with E-state index in [-0.39, 0.29) is 66.0 Å². The fourth-order valence-corrected chi connectivity index (χ4v) is 28.5. The van der Waals surface area contributed by atoms with Crippen molar-refractivity contribution in [3.05, 3.63) is 60.9 Å². The van der Waals surface area contributed by atoms with Crippen LogP contribution in [0, 0.1) is 71.0 Å². The van der Waals surface area contributed by atoms with E-state index in [4.69, 9.17) is 0 Å². The number of allylic oxidation sites excluding steroid dienone is 1. The van der Waals surface area contributed by atoms with E-state index in [1.165, 1.54) is 463 Å². The molecule has 15 heteroatoms. The Morgan fingerprint density at radius 1 is 0.240 bits per heavy atom. The molecule has 14 atom stereocenters. The molecule has 0 bridgehead atoms. The molecule has 4 aliphatic heterocycles. The zero-order valence-corrected chi connectivity index (χ0v) is 99.9. The van der Waals surface area contributed by atoms with E-state index in [0.717, 1.165) is 186 Å². The van der Waals surface area contributed by atoms with Gasteiger partial charge >= 0.3 is 0 Å². The van der Waals surface area contributed by atoms with Gasteiger partial charge in [0.1, 0.15) is 12.1 Å². The molecular formula is C135H238N6O9. The highest BCUT2D eigenvalue weighted by Crippen LogP contribution is 2.52. The van der Waals surface area contributed by atoms with Crippen LogP contribution in [0.1, 0.15) is 621 Å². The molecule has 3 aliphatic carbocycles. The first kappa shape index (κ1) is 133. The summed E-state index contributed by atoms with van der Waals surface area (Å²) in [7, 11) is 0. The summed E-state index contributed by atoms with van der Waals surface area (Å²) in [5.41, 5.74) is 1.70. The van der Waals surface area contributed by atoms with E-state index < -0.39 is 12.1 Å². The summed E-state index contributed by atoms with van der Waals surface area (Å²) in [5, 5.41) is 0. The van der Waals surface area contributed by atoms with Gasteiger partial charge in [0, 0.05) is 74.3 Å². The van der Waals surface area contributed by atoms with Gasteiger partial charge in [0.25, 0.3) is 29.5 Å². The van der Waals surface area contributed by atoms with Gasteiger partial charge in [-0.3, -0.25) is 57.9 Å². The summed E-state index contributed by atoms with van der Waals surface area (Å²) in [4.78, 5) is 126. The first-order valence-corrected chi connectivity index (χ1v) is 66.0. The van der Waals surface area contributed by atoms with Gasteiger partial charge in [0.05, 0.1) is 12.8 Å². The monoisotopic (exact) mass is 2090 g/mol. The lowest BCUT2D eigenvalue weighted by Gasteiger charge is -2.44. The highest BCUT2D eigenvalue weighted by molar-refractivity contribution is 6.13. The SMILES string of the molecule is C=C(C)C(=O)N(CCCCCC)C1CC(=O)N(CCCCCCCCC2C(CCCCCCCCN3C(=C)C=CC3=O)CCC(CCCCCC)C2CCCCCCCC)C1=O.C=C(C)C(=O)N(CCCCCCCCC1C(CCCC)CCC(CCCCCC)C1CCCCCCCC)C1CC(=O)N(CCCCCCCCC2C(CCCCCCCCN3C(=O)C=CC3=O)CCC(CCCCCC)C2CCCCCCCC)C1=O. The van der Waals surface area contributed by atoms with Crippen LogP contribution in [0.5, 0.6) is 0 Å². The molecule has 0 aromatic rings. The molecule has 4 heterocycles. The smallest absolute Gasteiger partial charge is 0.253 e. The Kier molecular flexibility index (Phi) is 74.4. The van der Waals surface area contributed by atoms with Gasteiger partial charge in [-0.15, -0.1) is 0 Å². The lowest BCUT2D eigenvalue weighted by molar-refractivity contribution is -0.143. The molecule has 7 aliphatic rings. The summed E-state index contributed by atoms with van der Waals surface area (Å²) in [6, 6.07) is -1.38. The van der Waals surface area contributed by atoms with E-state index >= 15 is 0 Å². The molecule has 2 saturated heterocycles. The zero-order valence-electron chi connectivity index (χ0n) is 99.9. The van der Waals surface area contributed by atoms with Crippen LogP contribution in [0.15, 0.2) is 60.9 Å². The van der Waals surface area contributed by atoms with E-state index in [0.29, 0.717) is 43.9 Å². The fraction of sp³-hybridized carbons (Fsp3) is 0.859. The van der Waals surface area contributed by atoms with E-state index in [2.05, 4.69) is 75.1 Å². The van der Waals surface area contributed by atoms with Gasteiger partial charge in [-0.2, -0.15) is 0 Å². The van der Waals surface area contributed by atoms with Crippen molar-refractivity contribution in [1.29, 1.82) is 0 Å². The van der Waals surface area contributed by atoms with Crippen molar-refractivity contribution in [3.63, 3.8) is 0 Å². The normalized spacial score (nSPS) is 22.5. The van der Waals surface area contributed by atoms with Crippen LogP contribution in [-0.4, -0.2) is 134 Å². The van der Waals surface area contributed by atoms with Crippen molar-refractivity contribution in [1.82, 2.24) is 29.4 Å². The molecule has 3 saturated carbocycles. The molecule has 0 N–H and O–H groups in total. The standard InChI is InChI=1S/C80H143N3O5.C55H95N3O4/c1-8-13-18-22-31-41-53-72-68(49-38-20-15-10-3)57-56-67(48-17-12-5)71(72)52-43-33-25-28-35-45-62-81(79(87)66(6)7)75-65-78(86)83(80(75)88)64-47-37-29-26-34-44-55-74-70(51-40-30-24-27-36-46-63-82-76(84)60-61-77(82)85)59-58-69(50-39-21-16-11-4)73(74)54-42-32-23-19-14-9-2;1-7-10-13-16-22-28-35-49-47(33-26-14-11-8-2)38-39-48(34-27-21-17-19-24-31-41-56-46(6)37-40-52(56)59)50(49)36-29-23-18-20-25-32-43-58-53(60)44-51(55(58)62)57(54(61)45(4)5)42-30-15-12-9-3/h60-61,67-75H,6,8-59,62-65H2,1-5,7H3;37,40,47-51H,4,6-36,38-39,41-44H2,1-3,5H3. The van der Waals surface area contributed by atoms with Crippen molar-refractivity contribution >= 4 is 53.2 Å². The average Bonchev–Trinajstić information content (AvgIpc) is 1.77. The number of carbonyl (C=O) groups excluding carboxylic acids is 9. The van der Waals surface area contributed by atoms with Crippen LogP contribution in [-0.2, 0) is 43.2 Å². The highest BCUT2D eigenvalue weighted by Gasteiger charge is 2.47. The zero-order chi connectivity index (χ0) is 108. The Bertz CT molecular complexity index is 3680. The number of likely N-dealkylation sites (tertiary alicyclic amines) is 2. The van der Waals surface area contributed by atoms with Gasteiger partial charge in [-0.05, 0) is 207 Å². The number of amides is 9. The molecule has 0 spiro atoms. The second-order valence-corrected chi connectivity index (χ2v) is 49.5. The molecule has 7 rings (SSSR count). The van der Waals surface area contributed by atoms with Crippen molar-refractivity contribution < 1.29 is 43.2 Å². The number of imide groups is 3. The molecule has 14 unspecified atom stereocenters. The number of rotatable bonds is 93. The largest absolute Gasteiger partial charge is 0.326 e. The minimum atomic E-state index is -0.701. The molecular weight excluding hydrogens is 1850 g/mol. The molecule has 0 aromatic carbocycles. The minimum absolute atomic E-state index is 0.0880. The topological polar surface area (TPSA) is 173 Å². The Morgan fingerprint density at radius 3 is 0.667 bits per heavy atom. The Morgan fingerprint density at radius 2 is 0.427 bits per heavy atom. The van der Waals surface area contributed by atoms with Crippen LogP contribution >= 0.6 is 0 Å². The number of hydrogen-bond donors (Lipinski definition) is 0. The van der Waals surface area contributed by atoms with Gasteiger partial charge < -0.3 is 14.7 Å². The predicted octanol–water partition coefficient (Wildman–Crippen LogP) is 37.2. The highest BCUT2D eigenvalue weighted by atomic mass is 16.2. The molecule has 9 amide bonds. The molecule has 0 radical (unpaired) electrons. The first-order chi connectivity index (χ1) is 73.1. The lowest BCUT2D eigenvalue weighted by Crippen LogP contribution is -2.46. The van der Waals surface area contributed by atoms with Crippen LogP contribution in [0.25, 0.3) is 0 Å². The average molecular weight is 2090 g/mol. The number of hydrogen-bond acceptors (Lipinski definition) is 9. The van der Waals surface area contributed by atoms with Crippen LogP contribution in [0.4, 0.5) is 0 Å². The van der Waals surface area contributed by atoms with E-state index in [9.17, 15) is 43.2 Å². The summed E-state index contributed by atoms with van der Waals surface area (Å²) < 4.78 is 0. The number of unbranched alkanes of at least 4 members (excludes halogenated alkanes) is 53. The van der Waals surface area contributed by atoms with Crippen molar-refractivity contribution in [2.75, 3.05) is 39.3 Å². The lowest BCUT2D eigenvalue weighted by atomic mass is 9.61. The third-order valence-electron chi connectivity index (χ3n) is 37.5. The first-order valence-electron chi connectivity index (χ1n) is 66.0. The Hall–Kier alpha value is -5.47. The summed E-state index contributed by atoms with van der Waals surface area (Å²) in [6.45, 7) is 37.1. The maximum absolute atomic E-state index is 14.0. The van der Waals surface area contributed by atoms with Gasteiger partial charge in [-0.25, -0.2) is 0 Å². The van der Waals surface area contributed by atoms with Crippen molar-refractivity contribution in [3.8, 4) is 0 Å². The van der Waals surface area contributed by atoms with Gasteiger partial charge in [0.2, 0.25) is 23.6 Å². The quantitative estimate of drug-likeness (QED) is 0.0326. The summed E-state index contributed by atoms with van der Waals surface area (Å²) in [6.07, 6.45) is 116. The predicted molar refractivity (Wildman–Crippen MR) is 634 cm³/mol. The van der Waals surface area contributed by atoms with Crippen LogP contribution < -0.4 is 0 Å². The van der Waals surface area contributed by atoms with E-state index in [1.54, 1.807) is 29.7 Å².